The number of nitrogens with one attached hydrogen (secondary N) is 1. The van der Waals surface area contributed by atoms with Crippen molar-refractivity contribution in [1.82, 2.24) is 4.72 Å². The third-order valence-corrected chi connectivity index (χ3v) is 14.7. The molecule has 3 aliphatic heterocycles. The van der Waals surface area contributed by atoms with Crippen molar-refractivity contribution in [2.45, 2.75) is 82.8 Å². The summed E-state index contributed by atoms with van der Waals surface area (Å²) in [7, 11) is -1.72. The molecule has 0 aromatic heterocycles. The van der Waals surface area contributed by atoms with Crippen LogP contribution in [-0.2, 0) is 50.7 Å². The minimum atomic E-state index is -3.51. The predicted molar refractivity (Wildman–Crippen MR) is 210 cm³/mol. The summed E-state index contributed by atoms with van der Waals surface area (Å²) in [6.07, 6.45) is 13.0. The highest BCUT2D eigenvalue weighted by molar-refractivity contribution is 7.92. The second-order valence-electron chi connectivity index (χ2n) is 16.1. The maximum Gasteiger partial charge on any atom is 0.286 e. The number of carbonyl (C=O) groups is 2. The molecular formula is C43H50ClN3O5S. The van der Waals surface area contributed by atoms with Gasteiger partial charge in [-0.05, 0) is 140 Å². The lowest BCUT2D eigenvalue weighted by Crippen LogP contribution is -2.48. The molecule has 3 aromatic rings. The first-order chi connectivity index (χ1) is 25.6. The number of allylic oxidation sites excluding steroid dienone is 1. The average Bonchev–Trinajstić information content (AvgIpc) is 3.28. The van der Waals surface area contributed by atoms with Crippen LogP contribution in [0.5, 0.6) is 0 Å². The van der Waals surface area contributed by atoms with Gasteiger partial charge in [0.1, 0.15) is 9.92 Å². The van der Waals surface area contributed by atoms with Crippen molar-refractivity contribution >= 4 is 39.0 Å². The molecule has 2 bridgehead atoms. The summed E-state index contributed by atoms with van der Waals surface area (Å²) in [6.45, 7) is 4.77. The van der Waals surface area contributed by atoms with Crippen LogP contribution < -0.4 is 9.62 Å². The van der Waals surface area contributed by atoms with E-state index in [9.17, 15) is 13.8 Å². The number of nitrogens with zero attached hydrogens (tertiary/aromatic N) is 2. The Bertz CT molecular complexity index is 2070. The number of amides is 2. The zero-order chi connectivity index (χ0) is 36.7. The minimum Gasteiger partial charge on any atom is -0.377 e. The van der Waals surface area contributed by atoms with Crippen LogP contribution in [0.4, 0.5) is 5.69 Å². The summed E-state index contributed by atoms with van der Waals surface area (Å²) in [5.74, 6) is -0.356. The van der Waals surface area contributed by atoms with E-state index < -0.39 is 21.7 Å². The molecule has 6 atom stereocenters. The van der Waals surface area contributed by atoms with Gasteiger partial charge in [0.05, 0.1) is 25.1 Å². The molecule has 0 saturated heterocycles. The van der Waals surface area contributed by atoms with Crippen LogP contribution in [0.25, 0.3) is 0 Å². The number of hydrogen-bond donors (Lipinski definition) is 1. The van der Waals surface area contributed by atoms with E-state index in [-0.39, 0.29) is 23.2 Å². The Hall–Kier alpha value is -3.50. The molecule has 1 spiro atoms. The fraction of sp³-hybridized carbons (Fsp3) is 0.488. The third-order valence-electron chi connectivity index (χ3n) is 12.5. The van der Waals surface area contributed by atoms with Gasteiger partial charge in [-0.2, -0.15) is 0 Å². The molecule has 3 heterocycles. The van der Waals surface area contributed by atoms with E-state index in [1.54, 1.807) is 19.2 Å². The molecule has 3 aromatic carbocycles. The Balaban J connectivity index is 1.18. The van der Waals surface area contributed by atoms with Crippen molar-refractivity contribution in [2.24, 2.45) is 22.1 Å². The molecular weight excluding hydrogens is 706 g/mol. The van der Waals surface area contributed by atoms with Crippen molar-refractivity contribution in [2.75, 3.05) is 37.5 Å². The van der Waals surface area contributed by atoms with Crippen LogP contribution in [0.1, 0.15) is 94.0 Å². The highest BCUT2D eigenvalue weighted by Gasteiger charge is 2.43. The number of halogens is 1. The maximum absolute atomic E-state index is 14.7. The van der Waals surface area contributed by atoms with Gasteiger partial charge in [-0.3, -0.25) is 14.3 Å². The molecule has 2 aliphatic carbocycles. The van der Waals surface area contributed by atoms with Crippen LogP contribution in [0.15, 0.2) is 71.1 Å². The molecule has 1 saturated carbocycles. The van der Waals surface area contributed by atoms with Gasteiger partial charge < -0.3 is 14.4 Å². The van der Waals surface area contributed by atoms with Gasteiger partial charge in [0.2, 0.25) is 0 Å². The number of fused-ring (bicyclic) bond motifs is 5. The molecule has 5 aliphatic rings. The lowest BCUT2D eigenvalue weighted by atomic mass is 9.66. The number of rotatable bonds is 3. The van der Waals surface area contributed by atoms with Crippen LogP contribution in [0.3, 0.4) is 0 Å². The lowest BCUT2D eigenvalue weighted by molar-refractivity contribution is 0.0131. The van der Waals surface area contributed by atoms with E-state index in [1.807, 2.05) is 31.2 Å². The second kappa shape index (κ2) is 15.0. The fourth-order valence-corrected chi connectivity index (χ4v) is 11.7. The standard InChI is InChI=1S/C43H50ClN3O5S/c1-28-5-3-7-40(51-2)37-14-12-34(37)24-47-27-43(18-4-6-31-22-36(44)13-15-38(31)43)19-16-30-9-11-33(23-39(30)47)42(49)46-53(50,26-28)45-41(48)32-10-8-29-17-20-52-25-35(29)21-32/h3,7-11,13,15,21-23,28,34,37,40H,4-6,12,14,16-20,24-27H2,1-2H3,(H,45,46,48,49,50)/b7-3+/t28-,34-,37+,40-,43+,53+/m0/s1. The molecule has 53 heavy (non-hydrogen) atoms. The van der Waals surface area contributed by atoms with Crippen molar-refractivity contribution in [3.05, 3.63) is 111 Å². The number of carbonyl (C=O) groups excluding carboxylic acids is 2. The topological polar surface area (TPSA) is 97.3 Å². The van der Waals surface area contributed by atoms with Crippen LogP contribution in [0.2, 0.25) is 5.02 Å². The van der Waals surface area contributed by atoms with Crippen molar-refractivity contribution in [1.29, 1.82) is 0 Å². The normalized spacial score (nSPS) is 30.5. The quantitative estimate of drug-likeness (QED) is 0.272. The molecule has 8 nitrogen and oxygen atoms in total. The molecule has 280 valence electrons. The SMILES string of the molecule is CO[C@H]1/C=C/C[C@H](C)C[S@@](=O)(NC(=O)c2ccc3c(c2)COCC3)=NC(=O)c2ccc3c(c2)N(C[C@@H]2CC[C@H]21)C[C@@]1(CCCc2cc(Cl)ccc21)CC3. The van der Waals surface area contributed by atoms with Gasteiger partial charge in [0.15, 0.2) is 0 Å². The molecule has 8 rings (SSSR count). The smallest absolute Gasteiger partial charge is 0.286 e. The molecule has 2 amide bonds. The van der Waals surface area contributed by atoms with Crippen molar-refractivity contribution in [3.8, 4) is 0 Å². The lowest BCUT2D eigenvalue weighted by Gasteiger charge is -2.46. The number of ether oxygens (including phenoxy) is 2. The van der Waals surface area contributed by atoms with E-state index in [1.165, 1.54) is 16.7 Å². The Morgan fingerprint density at radius 3 is 2.72 bits per heavy atom. The first kappa shape index (κ1) is 36.5. The van der Waals surface area contributed by atoms with Crippen LogP contribution in [-0.4, -0.2) is 54.7 Å². The highest BCUT2D eigenvalue weighted by Crippen LogP contribution is 2.47. The largest absolute Gasteiger partial charge is 0.377 e. The van der Waals surface area contributed by atoms with Gasteiger partial charge >= 0.3 is 0 Å². The predicted octanol–water partition coefficient (Wildman–Crippen LogP) is 8.03. The summed E-state index contributed by atoms with van der Waals surface area (Å²) < 4.78 is 33.5. The monoisotopic (exact) mass is 755 g/mol. The number of anilines is 1. The van der Waals surface area contributed by atoms with Crippen LogP contribution in [0, 0.1) is 17.8 Å². The second-order valence-corrected chi connectivity index (χ2v) is 18.5. The van der Waals surface area contributed by atoms with Crippen LogP contribution >= 0.6 is 11.6 Å². The zero-order valence-electron chi connectivity index (χ0n) is 30.8. The molecule has 1 N–H and O–H groups in total. The number of hydrogen-bond acceptors (Lipinski definition) is 6. The van der Waals surface area contributed by atoms with E-state index >= 15 is 0 Å². The molecule has 1 fully saturated rings. The Labute approximate surface area is 319 Å². The van der Waals surface area contributed by atoms with Gasteiger partial charge in [0.25, 0.3) is 11.8 Å². The molecule has 0 unspecified atom stereocenters. The number of benzene rings is 3. The van der Waals surface area contributed by atoms with E-state index in [4.69, 9.17) is 21.1 Å². The molecule has 0 radical (unpaired) electrons. The Morgan fingerprint density at radius 1 is 1.02 bits per heavy atom. The average molecular weight is 756 g/mol. The Morgan fingerprint density at radius 2 is 1.89 bits per heavy atom. The summed E-state index contributed by atoms with van der Waals surface area (Å²) in [5.41, 5.74) is 7.81. The van der Waals surface area contributed by atoms with E-state index in [0.717, 1.165) is 86.3 Å². The summed E-state index contributed by atoms with van der Waals surface area (Å²) >= 11 is 6.50. The Kier molecular flexibility index (Phi) is 10.3. The molecule has 10 heteroatoms. The summed E-state index contributed by atoms with van der Waals surface area (Å²) in [5, 5.41) is 0.782. The van der Waals surface area contributed by atoms with E-state index in [2.05, 4.69) is 44.3 Å². The highest BCUT2D eigenvalue weighted by atomic mass is 35.5. The maximum atomic E-state index is 14.7. The summed E-state index contributed by atoms with van der Waals surface area (Å²) in [4.78, 5) is 30.4. The van der Waals surface area contributed by atoms with Crippen molar-refractivity contribution in [3.63, 3.8) is 0 Å². The van der Waals surface area contributed by atoms with Gasteiger partial charge in [-0.15, -0.1) is 4.36 Å². The first-order valence-electron chi connectivity index (χ1n) is 19.3. The van der Waals surface area contributed by atoms with Gasteiger partial charge in [0, 0.05) is 47.5 Å². The summed E-state index contributed by atoms with van der Waals surface area (Å²) in [6, 6.07) is 17.8. The van der Waals surface area contributed by atoms with Crippen molar-refractivity contribution < 1.29 is 23.3 Å². The number of methoxy groups -OCH3 is 1. The number of aryl methyl sites for hydroxylation is 2. The minimum absolute atomic E-state index is 0.0264. The zero-order valence-corrected chi connectivity index (χ0v) is 32.4. The van der Waals surface area contributed by atoms with Gasteiger partial charge in [-0.25, -0.2) is 4.21 Å². The van der Waals surface area contributed by atoms with Gasteiger partial charge in [-0.1, -0.05) is 48.9 Å². The first-order valence-corrected chi connectivity index (χ1v) is 21.4. The van der Waals surface area contributed by atoms with E-state index in [0.29, 0.717) is 42.6 Å². The fourth-order valence-electron chi connectivity index (χ4n) is 9.57. The third kappa shape index (κ3) is 7.47.